The number of aryl methyl sites for hydroxylation is 1. The SMILES string of the molecule is C=CC(=O)N1CC2(CC(n3nc(N4CCN(C5CCOCC5)C[C@]4(C)COC)c(-c4c(Cl)c(C)cc5[nH]nc(N)c45)c3C)C2)C1. The van der Waals surface area contributed by atoms with Crippen molar-refractivity contribution in [3.63, 3.8) is 0 Å². The number of nitrogens with one attached hydrogen (secondary N) is 1. The number of rotatable bonds is 7. The lowest BCUT2D eigenvalue weighted by Gasteiger charge is -2.58. The predicted octanol–water partition coefficient (Wildman–Crippen LogP) is 4.33. The first-order valence-electron chi connectivity index (χ1n) is 16.1. The lowest BCUT2D eigenvalue weighted by Crippen LogP contribution is -2.65. The fraction of sp³-hybridized carbons (Fsp3) is 0.606. The van der Waals surface area contributed by atoms with Gasteiger partial charge in [-0.2, -0.15) is 10.2 Å². The summed E-state index contributed by atoms with van der Waals surface area (Å²) >= 11 is 7.21. The number of likely N-dealkylation sites (tertiary alicyclic amines) is 1. The van der Waals surface area contributed by atoms with E-state index in [4.69, 9.17) is 31.9 Å². The highest BCUT2D eigenvalue weighted by molar-refractivity contribution is 6.36. The van der Waals surface area contributed by atoms with Crippen molar-refractivity contribution in [1.82, 2.24) is 29.8 Å². The number of hydrogen-bond donors (Lipinski definition) is 2. The van der Waals surface area contributed by atoms with Crippen LogP contribution in [0.4, 0.5) is 11.6 Å². The minimum Gasteiger partial charge on any atom is -0.382 e. The van der Waals surface area contributed by atoms with Gasteiger partial charge in [0, 0.05) is 81.3 Å². The van der Waals surface area contributed by atoms with Crippen molar-refractivity contribution in [2.45, 2.75) is 64.1 Å². The van der Waals surface area contributed by atoms with Crippen molar-refractivity contribution in [3.05, 3.63) is 35.0 Å². The fourth-order valence-electron chi connectivity index (χ4n) is 8.58. The van der Waals surface area contributed by atoms with Crippen LogP contribution in [0.3, 0.4) is 0 Å². The van der Waals surface area contributed by atoms with Crippen LogP contribution in [0.5, 0.6) is 0 Å². The molecule has 1 aliphatic carbocycles. The number of H-pyrrole nitrogens is 1. The molecule has 3 N–H and O–H groups in total. The van der Waals surface area contributed by atoms with Crippen LogP contribution < -0.4 is 10.6 Å². The minimum absolute atomic E-state index is 0.0112. The zero-order chi connectivity index (χ0) is 31.7. The zero-order valence-electron chi connectivity index (χ0n) is 26.9. The molecule has 7 rings (SSSR count). The molecule has 0 radical (unpaired) electrons. The number of halogens is 1. The summed E-state index contributed by atoms with van der Waals surface area (Å²) < 4.78 is 13.8. The number of hydrogen-bond acceptors (Lipinski definition) is 8. The smallest absolute Gasteiger partial charge is 0.245 e. The maximum atomic E-state index is 12.2. The Bertz CT molecular complexity index is 1630. The van der Waals surface area contributed by atoms with E-state index in [2.05, 4.69) is 45.1 Å². The van der Waals surface area contributed by atoms with E-state index in [9.17, 15) is 4.79 Å². The number of aromatic nitrogens is 4. The molecule has 242 valence electrons. The molecule has 1 amide bonds. The molecule has 0 bridgehead atoms. The summed E-state index contributed by atoms with van der Waals surface area (Å²) in [5, 5.41) is 14.4. The molecule has 3 aromatic rings. The molecule has 45 heavy (non-hydrogen) atoms. The molecule has 1 saturated carbocycles. The van der Waals surface area contributed by atoms with Gasteiger partial charge in [-0.1, -0.05) is 18.2 Å². The first kappa shape index (κ1) is 30.5. The zero-order valence-corrected chi connectivity index (χ0v) is 27.6. The van der Waals surface area contributed by atoms with Crippen molar-refractivity contribution in [3.8, 4) is 11.1 Å². The van der Waals surface area contributed by atoms with Gasteiger partial charge in [-0.15, -0.1) is 0 Å². The van der Waals surface area contributed by atoms with Crippen molar-refractivity contribution in [2.24, 2.45) is 5.41 Å². The number of nitrogens with two attached hydrogens (primary N) is 1. The van der Waals surface area contributed by atoms with E-state index in [0.717, 1.165) is 111 Å². The molecular weight excluding hydrogens is 592 g/mol. The molecule has 4 fully saturated rings. The normalized spacial score (nSPS) is 24.3. The van der Waals surface area contributed by atoms with E-state index in [-0.39, 0.29) is 22.9 Å². The monoisotopic (exact) mass is 636 g/mol. The van der Waals surface area contributed by atoms with Crippen LogP contribution in [0.15, 0.2) is 18.7 Å². The third-order valence-corrected chi connectivity index (χ3v) is 11.3. The van der Waals surface area contributed by atoms with E-state index in [1.807, 2.05) is 17.9 Å². The Morgan fingerprint density at radius 2 is 1.93 bits per heavy atom. The summed E-state index contributed by atoms with van der Waals surface area (Å²) in [7, 11) is 1.78. The van der Waals surface area contributed by atoms with Crippen molar-refractivity contribution < 1.29 is 14.3 Å². The van der Waals surface area contributed by atoms with E-state index in [1.54, 1.807) is 7.11 Å². The van der Waals surface area contributed by atoms with E-state index >= 15 is 0 Å². The van der Waals surface area contributed by atoms with Crippen LogP contribution in [0.25, 0.3) is 22.0 Å². The van der Waals surface area contributed by atoms with Crippen LogP contribution in [0.2, 0.25) is 5.02 Å². The Hall–Kier alpha value is -3.12. The van der Waals surface area contributed by atoms with E-state index in [0.29, 0.717) is 23.5 Å². The van der Waals surface area contributed by atoms with Crippen molar-refractivity contribution >= 4 is 40.0 Å². The number of aromatic amines is 1. The van der Waals surface area contributed by atoms with Gasteiger partial charge in [0.15, 0.2) is 11.6 Å². The second-order valence-electron chi connectivity index (χ2n) is 14.0. The second kappa shape index (κ2) is 11.3. The average molecular weight is 637 g/mol. The van der Waals surface area contributed by atoms with Crippen molar-refractivity contribution in [1.29, 1.82) is 0 Å². The average Bonchev–Trinajstić information content (AvgIpc) is 3.51. The molecule has 12 heteroatoms. The van der Waals surface area contributed by atoms with Crippen molar-refractivity contribution in [2.75, 3.05) is 70.3 Å². The van der Waals surface area contributed by atoms with Gasteiger partial charge in [0.2, 0.25) is 5.91 Å². The first-order chi connectivity index (χ1) is 21.6. The molecule has 3 saturated heterocycles. The van der Waals surface area contributed by atoms with Crippen LogP contribution in [0.1, 0.15) is 49.9 Å². The lowest BCUT2D eigenvalue weighted by atomic mass is 9.60. The number of fused-ring (bicyclic) bond motifs is 1. The Morgan fingerprint density at radius 1 is 1.20 bits per heavy atom. The van der Waals surface area contributed by atoms with Gasteiger partial charge in [-0.05, 0) is 64.2 Å². The lowest BCUT2D eigenvalue weighted by molar-refractivity contribution is -0.149. The molecule has 11 nitrogen and oxygen atoms in total. The van der Waals surface area contributed by atoms with Gasteiger partial charge < -0.3 is 25.0 Å². The van der Waals surface area contributed by atoms with Crippen LogP contribution >= 0.6 is 11.6 Å². The Balaban J connectivity index is 1.31. The molecule has 4 aliphatic rings. The van der Waals surface area contributed by atoms with Gasteiger partial charge in [0.05, 0.1) is 34.1 Å². The topological polar surface area (TPSA) is 118 Å². The van der Waals surface area contributed by atoms with Gasteiger partial charge in [0.25, 0.3) is 0 Å². The van der Waals surface area contributed by atoms with Crippen LogP contribution in [0, 0.1) is 19.3 Å². The highest BCUT2D eigenvalue weighted by Crippen LogP contribution is 2.56. The third-order valence-electron chi connectivity index (χ3n) is 10.8. The number of nitrogens with zero attached hydrogens (tertiary/aromatic N) is 6. The summed E-state index contributed by atoms with van der Waals surface area (Å²) in [6.45, 7) is 16.5. The van der Waals surface area contributed by atoms with Gasteiger partial charge in [0.1, 0.15) is 0 Å². The van der Waals surface area contributed by atoms with E-state index in [1.165, 1.54) is 6.08 Å². The Kier molecular flexibility index (Phi) is 7.66. The molecule has 2 aromatic heterocycles. The summed E-state index contributed by atoms with van der Waals surface area (Å²) in [5.41, 5.74) is 11.1. The highest BCUT2D eigenvalue weighted by atomic mass is 35.5. The molecule has 3 aliphatic heterocycles. The van der Waals surface area contributed by atoms with Gasteiger partial charge in [-0.3, -0.25) is 19.5 Å². The number of methoxy groups -OCH3 is 1. The second-order valence-corrected chi connectivity index (χ2v) is 14.4. The quantitative estimate of drug-likeness (QED) is 0.368. The molecule has 1 atom stereocenters. The minimum atomic E-state index is -0.330. The maximum Gasteiger partial charge on any atom is 0.245 e. The third kappa shape index (κ3) is 4.94. The predicted molar refractivity (Wildman–Crippen MR) is 177 cm³/mol. The molecule has 0 unspecified atom stereocenters. The molecular formula is C33H45ClN8O3. The number of anilines is 2. The summed E-state index contributed by atoms with van der Waals surface area (Å²) in [4.78, 5) is 19.1. The Labute approximate surface area is 269 Å². The molecule has 1 aromatic carbocycles. The number of benzene rings is 1. The van der Waals surface area contributed by atoms with Crippen LogP contribution in [-0.2, 0) is 14.3 Å². The maximum absolute atomic E-state index is 12.2. The van der Waals surface area contributed by atoms with Gasteiger partial charge in [-0.25, -0.2) is 0 Å². The number of nitrogen functional groups attached to an aromatic ring is 1. The first-order valence-corrected chi connectivity index (χ1v) is 16.5. The number of piperazine rings is 1. The fourth-order valence-corrected chi connectivity index (χ4v) is 8.82. The largest absolute Gasteiger partial charge is 0.382 e. The summed E-state index contributed by atoms with van der Waals surface area (Å²) in [6, 6.07) is 2.75. The standard InChI is InChI=1S/C33H45ClN8O3/c1-6-25(43)40-17-33(18-40)14-23(15-33)42-21(3)26(28-27-24(36-37-30(27)35)13-20(2)29(28)34)31(38-42)41-10-9-39(16-32(41,4)19-44-5)22-7-11-45-12-8-22/h6,13,22-23H,1,7-12,14-19H2,2-5H3,(H3,35,36,37)/t32-/m1/s1. The highest BCUT2D eigenvalue weighted by Gasteiger charge is 2.55. The summed E-state index contributed by atoms with van der Waals surface area (Å²) in [5.74, 6) is 1.34. The van der Waals surface area contributed by atoms with Gasteiger partial charge >= 0.3 is 0 Å². The summed E-state index contributed by atoms with van der Waals surface area (Å²) in [6.07, 6.45) is 5.47. The number of ether oxygens (including phenoxy) is 2. The van der Waals surface area contributed by atoms with E-state index < -0.39 is 0 Å². The van der Waals surface area contributed by atoms with Crippen LogP contribution in [-0.4, -0.2) is 107 Å². The molecule has 1 spiro atoms. The Morgan fingerprint density at radius 3 is 2.62 bits per heavy atom. The number of carbonyl (C=O) groups excluding carboxylic acids is 1. The number of carbonyl (C=O) groups is 1. The molecule has 5 heterocycles. The number of amides is 1.